The Labute approximate surface area is 126 Å². The van der Waals surface area contributed by atoms with E-state index in [-0.39, 0.29) is 0 Å². The van der Waals surface area contributed by atoms with Crippen LogP contribution in [0.2, 0.25) is 0 Å². The van der Waals surface area contributed by atoms with Gasteiger partial charge >= 0.3 is 6.18 Å². The van der Waals surface area contributed by atoms with Crippen molar-refractivity contribution < 1.29 is 13.2 Å². The van der Waals surface area contributed by atoms with Crippen molar-refractivity contribution >= 4 is 0 Å². The highest BCUT2D eigenvalue weighted by Crippen LogP contribution is 2.17. The summed E-state index contributed by atoms with van der Waals surface area (Å²) >= 11 is 0. The Morgan fingerprint density at radius 1 is 1.05 bits per heavy atom. The molecule has 1 unspecified atom stereocenters. The van der Waals surface area contributed by atoms with Crippen LogP contribution in [0.25, 0.3) is 0 Å². The molecule has 1 N–H and O–H groups in total. The molecule has 1 atom stereocenters. The van der Waals surface area contributed by atoms with Gasteiger partial charge in [-0.15, -0.1) is 0 Å². The number of hydrogen-bond acceptors (Lipinski definition) is 3. The highest BCUT2D eigenvalue weighted by atomic mass is 19.4. The van der Waals surface area contributed by atoms with Gasteiger partial charge in [0.2, 0.25) is 0 Å². The lowest BCUT2D eigenvalue weighted by Gasteiger charge is -2.35. The molecule has 0 aromatic carbocycles. The minimum atomic E-state index is -4.07. The Morgan fingerprint density at radius 2 is 1.67 bits per heavy atom. The molecular formula is C15H30F3N3. The van der Waals surface area contributed by atoms with Crippen LogP contribution in [-0.4, -0.2) is 67.8 Å². The molecular weight excluding hydrogens is 279 g/mol. The molecule has 21 heavy (non-hydrogen) atoms. The van der Waals surface area contributed by atoms with Crippen LogP contribution >= 0.6 is 0 Å². The molecule has 0 saturated carbocycles. The molecule has 0 aromatic rings. The molecule has 3 nitrogen and oxygen atoms in total. The zero-order valence-corrected chi connectivity index (χ0v) is 13.4. The molecule has 6 heteroatoms. The van der Waals surface area contributed by atoms with Gasteiger partial charge in [0.25, 0.3) is 0 Å². The normalized spacial score (nSPS) is 19.9. The summed E-state index contributed by atoms with van der Waals surface area (Å²) in [6, 6.07) is 0.580. The largest absolute Gasteiger partial charge is 0.401 e. The zero-order valence-electron chi connectivity index (χ0n) is 13.4. The van der Waals surface area contributed by atoms with E-state index in [4.69, 9.17) is 0 Å². The first-order valence-corrected chi connectivity index (χ1v) is 8.19. The Hall–Kier alpha value is -0.330. The number of hydrogen-bond donors (Lipinski definition) is 1. The predicted molar refractivity (Wildman–Crippen MR) is 80.5 cm³/mol. The van der Waals surface area contributed by atoms with Gasteiger partial charge in [-0.1, -0.05) is 13.8 Å². The number of piperazine rings is 1. The molecule has 0 amide bonds. The lowest BCUT2D eigenvalue weighted by atomic mass is 10.1. The Balaban J connectivity index is 2.12. The van der Waals surface area contributed by atoms with Gasteiger partial charge in [-0.05, 0) is 38.8 Å². The zero-order chi connectivity index (χ0) is 15.7. The molecule has 1 rings (SSSR count). The minimum absolute atomic E-state index is 0.533. The average molecular weight is 309 g/mol. The molecule has 0 radical (unpaired) electrons. The molecule has 1 heterocycles. The summed E-state index contributed by atoms with van der Waals surface area (Å²) in [4.78, 5) is 3.80. The molecule has 0 spiro atoms. The van der Waals surface area contributed by atoms with Gasteiger partial charge in [-0.25, -0.2) is 0 Å². The summed E-state index contributed by atoms with van der Waals surface area (Å²) in [5.74, 6) is 0. The maximum atomic E-state index is 12.3. The van der Waals surface area contributed by atoms with E-state index in [1.165, 1.54) is 4.90 Å². The molecule has 0 aliphatic carbocycles. The second kappa shape index (κ2) is 9.64. The van der Waals surface area contributed by atoms with Crippen LogP contribution in [0.15, 0.2) is 0 Å². The first kappa shape index (κ1) is 18.7. The maximum Gasteiger partial charge on any atom is 0.401 e. The number of nitrogens with zero attached hydrogens (tertiary/aromatic N) is 2. The van der Waals surface area contributed by atoms with Gasteiger partial charge in [-0.3, -0.25) is 4.90 Å². The quantitative estimate of drug-likeness (QED) is 0.706. The van der Waals surface area contributed by atoms with Crippen molar-refractivity contribution in [1.82, 2.24) is 15.1 Å². The summed E-state index contributed by atoms with van der Waals surface area (Å²) in [6.07, 6.45) is 0.492. The summed E-state index contributed by atoms with van der Waals surface area (Å²) < 4.78 is 36.9. The van der Waals surface area contributed by atoms with Crippen molar-refractivity contribution in [3.63, 3.8) is 0 Å². The molecule has 0 bridgehead atoms. The molecule has 126 valence electrons. The summed E-state index contributed by atoms with van der Waals surface area (Å²) in [7, 11) is 0. The third-order valence-corrected chi connectivity index (χ3v) is 4.07. The van der Waals surface area contributed by atoms with E-state index in [9.17, 15) is 13.2 Å². The van der Waals surface area contributed by atoms with E-state index in [0.29, 0.717) is 19.1 Å². The topological polar surface area (TPSA) is 18.5 Å². The van der Waals surface area contributed by atoms with Gasteiger partial charge in [0.15, 0.2) is 0 Å². The lowest BCUT2D eigenvalue weighted by molar-refractivity contribution is -0.149. The average Bonchev–Trinajstić information content (AvgIpc) is 2.43. The van der Waals surface area contributed by atoms with E-state index in [0.717, 1.165) is 51.9 Å². The fourth-order valence-electron chi connectivity index (χ4n) is 2.78. The smallest absolute Gasteiger partial charge is 0.314 e. The number of halogens is 3. The highest BCUT2D eigenvalue weighted by molar-refractivity contribution is 4.74. The van der Waals surface area contributed by atoms with Gasteiger partial charge in [0, 0.05) is 32.2 Å². The van der Waals surface area contributed by atoms with Gasteiger partial charge in [-0.2, -0.15) is 13.2 Å². The van der Waals surface area contributed by atoms with Crippen LogP contribution < -0.4 is 5.32 Å². The monoisotopic (exact) mass is 309 g/mol. The van der Waals surface area contributed by atoms with Crippen molar-refractivity contribution in [3.05, 3.63) is 0 Å². The van der Waals surface area contributed by atoms with E-state index in [2.05, 4.69) is 24.1 Å². The maximum absolute atomic E-state index is 12.3. The van der Waals surface area contributed by atoms with Crippen LogP contribution in [0.3, 0.4) is 0 Å². The highest BCUT2D eigenvalue weighted by Gasteiger charge is 2.31. The molecule has 1 fully saturated rings. The molecule has 1 aliphatic heterocycles. The van der Waals surface area contributed by atoms with Crippen molar-refractivity contribution in [1.29, 1.82) is 0 Å². The standard InChI is InChI=1S/C15H30F3N3/c1-3-7-19-14(4-2)6-5-8-20-9-11-21(12-10-20)13-15(16,17)18/h14,19H,3-13H2,1-2H3. The predicted octanol–water partition coefficient (Wildman–Crippen LogP) is 2.72. The Morgan fingerprint density at radius 3 is 2.19 bits per heavy atom. The van der Waals surface area contributed by atoms with Crippen LogP contribution in [0.4, 0.5) is 13.2 Å². The molecule has 1 aliphatic rings. The fourth-order valence-corrected chi connectivity index (χ4v) is 2.78. The van der Waals surface area contributed by atoms with Crippen LogP contribution in [0.5, 0.6) is 0 Å². The summed E-state index contributed by atoms with van der Waals surface area (Å²) in [6.45, 7) is 8.25. The minimum Gasteiger partial charge on any atom is -0.314 e. The van der Waals surface area contributed by atoms with Crippen LogP contribution in [0, 0.1) is 0 Å². The van der Waals surface area contributed by atoms with Crippen molar-refractivity contribution in [2.24, 2.45) is 0 Å². The third kappa shape index (κ3) is 8.63. The second-order valence-corrected chi connectivity index (χ2v) is 5.93. The van der Waals surface area contributed by atoms with E-state index < -0.39 is 12.7 Å². The van der Waals surface area contributed by atoms with E-state index in [1.54, 1.807) is 0 Å². The van der Waals surface area contributed by atoms with Crippen molar-refractivity contribution in [2.45, 2.75) is 51.7 Å². The first-order chi connectivity index (χ1) is 9.94. The molecule has 0 aromatic heterocycles. The third-order valence-electron chi connectivity index (χ3n) is 4.07. The van der Waals surface area contributed by atoms with Gasteiger partial charge < -0.3 is 10.2 Å². The van der Waals surface area contributed by atoms with Crippen LogP contribution in [-0.2, 0) is 0 Å². The van der Waals surface area contributed by atoms with E-state index >= 15 is 0 Å². The number of alkyl halides is 3. The summed E-state index contributed by atoms with van der Waals surface area (Å²) in [5, 5.41) is 3.54. The first-order valence-electron chi connectivity index (χ1n) is 8.19. The second-order valence-electron chi connectivity index (χ2n) is 5.93. The van der Waals surface area contributed by atoms with Gasteiger partial charge in [0.1, 0.15) is 0 Å². The van der Waals surface area contributed by atoms with E-state index in [1.807, 2.05) is 0 Å². The SMILES string of the molecule is CCCNC(CC)CCCN1CCN(CC(F)(F)F)CC1. The van der Waals surface area contributed by atoms with Crippen molar-refractivity contribution in [3.8, 4) is 0 Å². The Kier molecular flexibility index (Phi) is 8.59. The number of nitrogens with one attached hydrogen (secondary N) is 1. The number of rotatable bonds is 9. The van der Waals surface area contributed by atoms with Gasteiger partial charge in [0.05, 0.1) is 6.54 Å². The lowest BCUT2D eigenvalue weighted by Crippen LogP contribution is -2.49. The van der Waals surface area contributed by atoms with Crippen LogP contribution in [0.1, 0.15) is 39.5 Å². The van der Waals surface area contributed by atoms with Crippen molar-refractivity contribution in [2.75, 3.05) is 45.8 Å². The molecule has 1 saturated heterocycles. The summed E-state index contributed by atoms with van der Waals surface area (Å²) in [5.41, 5.74) is 0. The Bertz CT molecular complexity index is 263. The fraction of sp³-hybridized carbons (Fsp3) is 1.00.